The number of nitrogens with zero attached hydrogens (tertiary/aromatic N) is 4. The van der Waals surface area contributed by atoms with Crippen molar-refractivity contribution >= 4 is 22.6 Å². The van der Waals surface area contributed by atoms with Crippen molar-refractivity contribution in [3.05, 3.63) is 76.2 Å². The molecule has 0 aliphatic carbocycles. The van der Waals surface area contributed by atoms with Gasteiger partial charge in [0.1, 0.15) is 11.6 Å². The van der Waals surface area contributed by atoms with E-state index in [-0.39, 0.29) is 11.2 Å². The molecule has 0 amide bonds. The fourth-order valence-electron chi connectivity index (χ4n) is 2.71. The molecule has 0 unspecified atom stereocenters. The molecular weight excluding hydrogens is 343 g/mol. The minimum absolute atomic E-state index is 0.175. The summed E-state index contributed by atoms with van der Waals surface area (Å²) in [6, 6.07) is 9.41. The van der Waals surface area contributed by atoms with Crippen molar-refractivity contribution in [3.63, 3.8) is 0 Å². The van der Waals surface area contributed by atoms with E-state index in [1.54, 1.807) is 54.5 Å². The van der Waals surface area contributed by atoms with E-state index < -0.39 is 5.82 Å². The highest BCUT2D eigenvalue weighted by Gasteiger charge is 2.17. The van der Waals surface area contributed by atoms with Gasteiger partial charge in [-0.3, -0.25) is 14.3 Å². The summed E-state index contributed by atoms with van der Waals surface area (Å²) >= 11 is 5.87. The quantitative estimate of drug-likeness (QED) is 0.553. The lowest BCUT2D eigenvalue weighted by Gasteiger charge is -2.11. The van der Waals surface area contributed by atoms with E-state index in [1.165, 1.54) is 16.7 Å². The third-order valence-electron chi connectivity index (χ3n) is 3.97. The summed E-state index contributed by atoms with van der Waals surface area (Å²) in [5, 5.41) is 0.305. The van der Waals surface area contributed by atoms with Crippen LogP contribution in [0.1, 0.15) is 0 Å². The Labute approximate surface area is 147 Å². The number of imidazole rings is 1. The number of aryl methyl sites for hydroxylation is 1. The molecule has 0 aliphatic heterocycles. The Bertz CT molecular complexity index is 1170. The van der Waals surface area contributed by atoms with Gasteiger partial charge in [-0.2, -0.15) is 0 Å². The van der Waals surface area contributed by atoms with E-state index in [9.17, 15) is 9.18 Å². The molecule has 4 rings (SSSR count). The summed E-state index contributed by atoms with van der Waals surface area (Å²) in [6.45, 7) is 0. The Balaban J connectivity index is 2.08. The SMILES string of the molecule is Cn1ccc(-c2nc3ccncc3n2-c2ccc(Cl)cc2F)cc1=O. The lowest BCUT2D eigenvalue weighted by Crippen LogP contribution is -2.14. The van der Waals surface area contributed by atoms with Crippen LogP contribution in [0, 0.1) is 5.82 Å². The summed E-state index contributed by atoms with van der Waals surface area (Å²) in [5.41, 5.74) is 1.99. The van der Waals surface area contributed by atoms with Crippen LogP contribution in [-0.2, 0) is 7.05 Å². The minimum atomic E-state index is -0.485. The number of benzene rings is 1. The van der Waals surface area contributed by atoms with Gasteiger partial charge in [-0.05, 0) is 30.3 Å². The Morgan fingerprint density at radius 3 is 2.76 bits per heavy atom. The lowest BCUT2D eigenvalue weighted by molar-refractivity contribution is 0.620. The number of rotatable bonds is 2. The molecule has 0 saturated heterocycles. The predicted octanol–water partition coefficient (Wildman–Crippen LogP) is 3.58. The van der Waals surface area contributed by atoms with Gasteiger partial charge in [0.2, 0.25) is 0 Å². The van der Waals surface area contributed by atoms with Crippen molar-refractivity contribution in [1.82, 2.24) is 19.1 Å². The third-order valence-corrected chi connectivity index (χ3v) is 4.21. The van der Waals surface area contributed by atoms with Gasteiger partial charge in [-0.1, -0.05) is 11.6 Å². The summed E-state index contributed by atoms with van der Waals surface area (Å²) in [6.07, 6.45) is 4.88. The average molecular weight is 355 g/mol. The van der Waals surface area contributed by atoms with Crippen molar-refractivity contribution < 1.29 is 4.39 Å². The molecule has 0 fully saturated rings. The van der Waals surface area contributed by atoms with Gasteiger partial charge in [0.25, 0.3) is 5.56 Å². The van der Waals surface area contributed by atoms with Crippen LogP contribution in [0.25, 0.3) is 28.1 Å². The molecule has 0 spiro atoms. The molecule has 3 aromatic heterocycles. The minimum Gasteiger partial charge on any atom is -0.319 e. The first-order chi connectivity index (χ1) is 12.0. The zero-order chi connectivity index (χ0) is 17.6. The topological polar surface area (TPSA) is 52.7 Å². The summed E-state index contributed by atoms with van der Waals surface area (Å²) in [7, 11) is 1.66. The maximum atomic E-state index is 14.6. The van der Waals surface area contributed by atoms with Gasteiger partial charge in [0, 0.05) is 36.1 Å². The first-order valence-electron chi connectivity index (χ1n) is 7.49. The van der Waals surface area contributed by atoms with Crippen molar-refractivity contribution in [2.24, 2.45) is 7.05 Å². The Morgan fingerprint density at radius 1 is 1.16 bits per heavy atom. The first kappa shape index (κ1) is 15.5. The van der Waals surface area contributed by atoms with Gasteiger partial charge in [0.05, 0.1) is 22.9 Å². The molecule has 25 heavy (non-hydrogen) atoms. The van der Waals surface area contributed by atoms with Crippen molar-refractivity contribution in [2.75, 3.05) is 0 Å². The Hall–Kier alpha value is -2.99. The maximum absolute atomic E-state index is 14.6. The summed E-state index contributed by atoms with van der Waals surface area (Å²) in [5.74, 6) is -0.0253. The van der Waals surface area contributed by atoms with E-state index in [0.717, 1.165) is 0 Å². The van der Waals surface area contributed by atoms with Gasteiger partial charge in [0.15, 0.2) is 0 Å². The number of hydrogen-bond donors (Lipinski definition) is 0. The van der Waals surface area contributed by atoms with Crippen LogP contribution in [0.2, 0.25) is 5.02 Å². The molecule has 0 radical (unpaired) electrons. The second-order valence-corrected chi connectivity index (χ2v) is 6.03. The van der Waals surface area contributed by atoms with E-state index in [1.807, 2.05) is 0 Å². The number of halogens is 2. The number of aromatic nitrogens is 4. The van der Waals surface area contributed by atoms with Crippen molar-refractivity contribution in [2.45, 2.75) is 0 Å². The highest BCUT2D eigenvalue weighted by Crippen LogP contribution is 2.29. The van der Waals surface area contributed by atoms with Gasteiger partial charge in [-0.25, -0.2) is 9.37 Å². The largest absolute Gasteiger partial charge is 0.319 e. The average Bonchev–Trinajstić information content (AvgIpc) is 2.97. The van der Waals surface area contributed by atoms with E-state index in [4.69, 9.17) is 11.6 Å². The van der Waals surface area contributed by atoms with Crippen LogP contribution >= 0.6 is 11.6 Å². The van der Waals surface area contributed by atoms with Crippen molar-refractivity contribution in [3.8, 4) is 17.1 Å². The number of hydrogen-bond acceptors (Lipinski definition) is 3. The molecule has 4 aromatic rings. The van der Waals surface area contributed by atoms with E-state index >= 15 is 0 Å². The first-order valence-corrected chi connectivity index (χ1v) is 7.87. The Kier molecular flexibility index (Phi) is 3.62. The van der Waals surface area contributed by atoms with Crippen LogP contribution in [0.4, 0.5) is 4.39 Å². The zero-order valence-electron chi connectivity index (χ0n) is 13.1. The molecule has 0 N–H and O–H groups in total. The van der Waals surface area contributed by atoms with Crippen LogP contribution in [0.5, 0.6) is 0 Å². The second-order valence-electron chi connectivity index (χ2n) is 5.60. The molecule has 3 heterocycles. The third kappa shape index (κ3) is 2.60. The molecule has 0 saturated carbocycles. The van der Waals surface area contributed by atoms with E-state index in [0.29, 0.717) is 27.4 Å². The van der Waals surface area contributed by atoms with Crippen LogP contribution < -0.4 is 5.56 Å². The maximum Gasteiger partial charge on any atom is 0.250 e. The molecule has 1 aromatic carbocycles. The number of fused-ring (bicyclic) bond motifs is 1. The molecule has 0 aliphatic rings. The molecule has 7 heteroatoms. The molecule has 124 valence electrons. The second kappa shape index (κ2) is 5.82. The van der Waals surface area contributed by atoms with Crippen LogP contribution in [0.3, 0.4) is 0 Å². The van der Waals surface area contributed by atoms with Crippen molar-refractivity contribution in [1.29, 1.82) is 0 Å². The van der Waals surface area contributed by atoms with Gasteiger partial charge >= 0.3 is 0 Å². The summed E-state index contributed by atoms with van der Waals surface area (Å²) in [4.78, 5) is 20.7. The molecular formula is C18H12ClFN4O. The smallest absolute Gasteiger partial charge is 0.250 e. The molecule has 0 bridgehead atoms. The number of pyridine rings is 2. The zero-order valence-corrected chi connectivity index (χ0v) is 13.9. The fourth-order valence-corrected chi connectivity index (χ4v) is 2.87. The molecule has 0 atom stereocenters. The molecule has 5 nitrogen and oxygen atoms in total. The van der Waals surface area contributed by atoms with Crippen LogP contribution in [0.15, 0.2) is 59.8 Å². The lowest BCUT2D eigenvalue weighted by atomic mass is 10.2. The predicted molar refractivity (Wildman–Crippen MR) is 94.5 cm³/mol. The normalized spacial score (nSPS) is 11.2. The highest BCUT2D eigenvalue weighted by molar-refractivity contribution is 6.30. The van der Waals surface area contributed by atoms with Gasteiger partial charge in [-0.15, -0.1) is 0 Å². The van der Waals surface area contributed by atoms with Crippen LogP contribution in [-0.4, -0.2) is 19.1 Å². The Morgan fingerprint density at radius 2 is 2.00 bits per heavy atom. The monoisotopic (exact) mass is 354 g/mol. The highest BCUT2D eigenvalue weighted by atomic mass is 35.5. The van der Waals surface area contributed by atoms with E-state index in [2.05, 4.69) is 9.97 Å². The fraction of sp³-hybridized carbons (Fsp3) is 0.0556. The standard InChI is InChI=1S/C18H12ClFN4O/c1-23-7-5-11(8-17(23)25)18-22-14-4-6-21-10-16(14)24(18)15-3-2-12(19)9-13(15)20/h2-10H,1H3. The summed E-state index contributed by atoms with van der Waals surface area (Å²) < 4.78 is 17.7. The van der Waals surface area contributed by atoms with Gasteiger partial charge < -0.3 is 4.57 Å².